The van der Waals surface area contributed by atoms with Crippen LogP contribution in [-0.4, -0.2) is 60.8 Å². The number of carbonyl (C=O) groups excluding carboxylic acids is 2. The number of rotatable bonds is 5. The number of amides is 2. The van der Waals surface area contributed by atoms with E-state index < -0.39 is 5.54 Å². The van der Waals surface area contributed by atoms with Crippen LogP contribution in [0, 0.1) is 0 Å². The molecule has 1 aliphatic rings. The number of ether oxygens (including phenoxy) is 1. The van der Waals surface area contributed by atoms with Crippen molar-refractivity contribution in [1.29, 1.82) is 0 Å². The number of hydrogen-bond acceptors (Lipinski definition) is 5. The van der Waals surface area contributed by atoms with Gasteiger partial charge in [-0.05, 0) is 24.3 Å². The molecule has 21 heavy (non-hydrogen) atoms. The molecule has 0 bridgehead atoms. The molecule has 1 saturated heterocycles. The number of aliphatic hydroxyl groups is 1. The van der Waals surface area contributed by atoms with Crippen LogP contribution in [0.2, 0.25) is 0 Å². The quantitative estimate of drug-likeness (QED) is 0.829. The van der Waals surface area contributed by atoms with Crippen molar-refractivity contribution in [3.05, 3.63) is 22.4 Å². The minimum atomic E-state index is -0.623. The number of likely N-dealkylation sites (N-methyl/N-ethyl adjacent to an activating group) is 1. The van der Waals surface area contributed by atoms with Gasteiger partial charge in [-0.1, -0.05) is 6.07 Å². The molecule has 0 radical (unpaired) electrons. The van der Waals surface area contributed by atoms with Gasteiger partial charge in [0.25, 0.3) is 5.91 Å². The summed E-state index contributed by atoms with van der Waals surface area (Å²) in [5.74, 6) is -0.441. The standard InChI is InChI=1S/C14H20N2O4S/c1-16(13(19)11-3-2-8-21-11)9-12(18)15-14(10-17)4-6-20-7-5-14/h2-3,8,17H,4-7,9-10H2,1H3,(H,15,18). The van der Waals surface area contributed by atoms with Crippen molar-refractivity contribution >= 4 is 23.2 Å². The molecule has 0 unspecified atom stereocenters. The molecule has 116 valence electrons. The van der Waals surface area contributed by atoms with E-state index in [0.29, 0.717) is 30.9 Å². The van der Waals surface area contributed by atoms with E-state index in [0.717, 1.165) is 0 Å². The zero-order valence-electron chi connectivity index (χ0n) is 12.0. The summed E-state index contributed by atoms with van der Waals surface area (Å²) in [4.78, 5) is 26.2. The van der Waals surface area contributed by atoms with Crippen LogP contribution >= 0.6 is 11.3 Å². The predicted molar refractivity (Wildman–Crippen MR) is 79.3 cm³/mol. The fourth-order valence-electron chi connectivity index (χ4n) is 2.30. The van der Waals surface area contributed by atoms with E-state index in [4.69, 9.17) is 4.74 Å². The lowest BCUT2D eigenvalue weighted by molar-refractivity contribution is -0.125. The zero-order valence-corrected chi connectivity index (χ0v) is 12.8. The first-order chi connectivity index (χ1) is 10.1. The van der Waals surface area contributed by atoms with Crippen LogP contribution in [0.4, 0.5) is 0 Å². The molecule has 2 rings (SSSR count). The lowest BCUT2D eigenvalue weighted by atomic mass is 9.91. The molecule has 0 atom stereocenters. The average molecular weight is 312 g/mol. The molecule has 1 aromatic rings. The molecule has 0 saturated carbocycles. The number of nitrogens with one attached hydrogen (secondary N) is 1. The Morgan fingerprint density at radius 1 is 1.48 bits per heavy atom. The molecule has 1 fully saturated rings. The van der Waals surface area contributed by atoms with Gasteiger partial charge in [-0.2, -0.15) is 0 Å². The van der Waals surface area contributed by atoms with Gasteiger partial charge in [0.05, 0.1) is 23.6 Å². The molecular weight excluding hydrogens is 292 g/mol. The Balaban J connectivity index is 1.90. The molecule has 7 heteroatoms. The number of thiophene rings is 1. The highest BCUT2D eigenvalue weighted by molar-refractivity contribution is 7.12. The Hall–Kier alpha value is -1.44. The van der Waals surface area contributed by atoms with Crippen molar-refractivity contribution < 1.29 is 19.4 Å². The highest BCUT2D eigenvalue weighted by Gasteiger charge is 2.33. The third kappa shape index (κ3) is 4.03. The Labute approximate surface area is 127 Å². The van der Waals surface area contributed by atoms with Crippen LogP contribution in [-0.2, 0) is 9.53 Å². The van der Waals surface area contributed by atoms with Crippen molar-refractivity contribution in [2.45, 2.75) is 18.4 Å². The second-order valence-corrected chi connectivity index (χ2v) is 6.19. The van der Waals surface area contributed by atoms with Crippen molar-refractivity contribution in [3.8, 4) is 0 Å². The molecule has 6 nitrogen and oxygen atoms in total. The molecule has 1 aliphatic heterocycles. The Bertz CT molecular complexity index is 483. The normalized spacial score (nSPS) is 17.2. The van der Waals surface area contributed by atoms with Gasteiger partial charge >= 0.3 is 0 Å². The molecule has 0 spiro atoms. The van der Waals surface area contributed by atoms with Crippen LogP contribution < -0.4 is 5.32 Å². The van der Waals surface area contributed by atoms with Gasteiger partial charge in [-0.15, -0.1) is 11.3 Å². The van der Waals surface area contributed by atoms with E-state index in [2.05, 4.69) is 5.32 Å². The molecular formula is C14H20N2O4S. The van der Waals surface area contributed by atoms with Crippen molar-refractivity contribution in [2.75, 3.05) is 33.4 Å². The van der Waals surface area contributed by atoms with E-state index in [1.54, 1.807) is 19.2 Å². The third-order valence-corrected chi connectivity index (χ3v) is 4.47. The largest absolute Gasteiger partial charge is 0.394 e. The number of carbonyl (C=O) groups is 2. The monoisotopic (exact) mass is 312 g/mol. The SMILES string of the molecule is CN(CC(=O)NC1(CO)CCOCC1)C(=O)c1cccs1. The molecule has 0 aliphatic carbocycles. The summed E-state index contributed by atoms with van der Waals surface area (Å²) < 4.78 is 5.25. The first kappa shape index (κ1) is 15.9. The van der Waals surface area contributed by atoms with Crippen LogP contribution in [0.25, 0.3) is 0 Å². The van der Waals surface area contributed by atoms with Crippen molar-refractivity contribution in [1.82, 2.24) is 10.2 Å². The first-order valence-corrected chi connectivity index (χ1v) is 7.73. The maximum atomic E-state index is 12.1. The van der Waals surface area contributed by atoms with Crippen LogP contribution in [0.1, 0.15) is 22.5 Å². The van der Waals surface area contributed by atoms with Gasteiger partial charge < -0.3 is 20.1 Å². The molecule has 2 N–H and O–H groups in total. The molecule has 0 aromatic carbocycles. The third-order valence-electron chi connectivity index (χ3n) is 3.62. The summed E-state index contributed by atoms with van der Waals surface area (Å²) in [6.07, 6.45) is 1.16. The number of aliphatic hydroxyl groups excluding tert-OH is 1. The van der Waals surface area contributed by atoms with E-state index in [-0.39, 0.29) is 25.0 Å². The summed E-state index contributed by atoms with van der Waals surface area (Å²) in [6, 6.07) is 3.53. The fraction of sp³-hybridized carbons (Fsp3) is 0.571. The van der Waals surface area contributed by atoms with E-state index in [1.807, 2.05) is 5.38 Å². The van der Waals surface area contributed by atoms with Crippen LogP contribution in [0.15, 0.2) is 17.5 Å². The van der Waals surface area contributed by atoms with Gasteiger partial charge in [-0.3, -0.25) is 9.59 Å². The Morgan fingerprint density at radius 3 is 2.76 bits per heavy atom. The average Bonchev–Trinajstić information content (AvgIpc) is 3.01. The number of nitrogens with zero attached hydrogens (tertiary/aromatic N) is 1. The topological polar surface area (TPSA) is 78.9 Å². The first-order valence-electron chi connectivity index (χ1n) is 6.85. The van der Waals surface area contributed by atoms with Crippen LogP contribution in [0.5, 0.6) is 0 Å². The Kier molecular flexibility index (Phi) is 5.33. The van der Waals surface area contributed by atoms with Gasteiger partial charge in [-0.25, -0.2) is 0 Å². The summed E-state index contributed by atoms with van der Waals surface area (Å²) in [5.41, 5.74) is -0.623. The van der Waals surface area contributed by atoms with Gasteiger partial charge in [0.15, 0.2) is 0 Å². The summed E-state index contributed by atoms with van der Waals surface area (Å²) in [7, 11) is 1.59. The smallest absolute Gasteiger partial charge is 0.264 e. The summed E-state index contributed by atoms with van der Waals surface area (Å²) in [5, 5.41) is 14.2. The highest BCUT2D eigenvalue weighted by Crippen LogP contribution is 2.20. The molecule has 2 amide bonds. The van der Waals surface area contributed by atoms with Crippen LogP contribution in [0.3, 0.4) is 0 Å². The van der Waals surface area contributed by atoms with Gasteiger partial charge in [0.2, 0.25) is 5.91 Å². The maximum Gasteiger partial charge on any atom is 0.264 e. The van der Waals surface area contributed by atoms with E-state index >= 15 is 0 Å². The zero-order chi connectivity index (χ0) is 15.3. The lowest BCUT2D eigenvalue weighted by Crippen LogP contribution is -2.56. The molecule has 1 aromatic heterocycles. The van der Waals surface area contributed by atoms with Gasteiger partial charge in [0, 0.05) is 20.3 Å². The predicted octanol–water partition coefficient (Wildman–Crippen LogP) is 0.478. The van der Waals surface area contributed by atoms with Gasteiger partial charge in [0.1, 0.15) is 0 Å². The Morgan fingerprint density at radius 2 is 2.19 bits per heavy atom. The van der Waals surface area contributed by atoms with Crippen molar-refractivity contribution in [2.24, 2.45) is 0 Å². The summed E-state index contributed by atoms with van der Waals surface area (Å²) in [6.45, 7) is 0.889. The highest BCUT2D eigenvalue weighted by atomic mass is 32.1. The number of hydrogen-bond donors (Lipinski definition) is 2. The molecule has 2 heterocycles. The van der Waals surface area contributed by atoms with Crippen molar-refractivity contribution in [3.63, 3.8) is 0 Å². The minimum absolute atomic E-state index is 0.0284. The fourth-order valence-corrected chi connectivity index (χ4v) is 3.01. The second-order valence-electron chi connectivity index (χ2n) is 5.24. The van der Waals surface area contributed by atoms with E-state index in [1.165, 1.54) is 16.2 Å². The maximum absolute atomic E-state index is 12.1. The lowest BCUT2D eigenvalue weighted by Gasteiger charge is -2.36. The van der Waals surface area contributed by atoms with E-state index in [9.17, 15) is 14.7 Å². The minimum Gasteiger partial charge on any atom is -0.394 e. The summed E-state index contributed by atoms with van der Waals surface area (Å²) >= 11 is 1.35. The second kappa shape index (κ2) is 7.02.